The highest BCUT2D eigenvalue weighted by atomic mass is 32.2. The number of thioether (sulfide) groups is 1. The second kappa shape index (κ2) is 9.81. The van der Waals surface area contributed by atoms with Crippen molar-refractivity contribution in [3.05, 3.63) is 65.2 Å². The molecular weight excluding hydrogens is 362 g/mol. The smallest absolute Gasteiger partial charge is 0.331 e. The first-order valence-corrected chi connectivity index (χ1v) is 8.65. The van der Waals surface area contributed by atoms with Gasteiger partial charge in [-0.2, -0.15) is 10.5 Å². The number of nitrogens with zero attached hydrogens (tertiary/aromatic N) is 2. The van der Waals surface area contributed by atoms with Crippen LogP contribution in [0.3, 0.4) is 0 Å². The van der Waals surface area contributed by atoms with Gasteiger partial charge >= 0.3 is 5.97 Å². The highest BCUT2D eigenvalue weighted by Gasteiger charge is 2.08. The maximum absolute atomic E-state index is 11.9. The highest BCUT2D eigenvalue weighted by Crippen LogP contribution is 2.23. The normalized spacial score (nSPS) is 10.0. The van der Waals surface area contributed by atoms with Gasteiger partial charge in [0.15, 0.2) is 6.61 Å². The van der Waals surface area contributed by atoms with Crippen LogP contribution in [0, 0.1) is 28.9 Å². The molecule has 1 N–H and O–H groups in total. The molecule has 0 saturated heterocycles. The molecular formula is C20H15N3O3S. The van der Waals surface area contributed by atoms with E-state index in [1.54, 1.807) is 42.5 Å². The van der Waals surface area contributed by atoms with Gasteiger partial charge < -0.3 is 10.1 Å². The van der Waals surface area contributed by atoms with E-state index in [2.05, 4.69) is 5.32 Å². The Kier molecular flexibility index (Phi) is 7.18. The van der Waals surface area contributed by atoms with Gasteiger partial charge in [0.25, 0.3) is 5.91 Å². The topological polar surface area (TPSA) is 103 Å². The van der Waals surface area contributed by atoms with Crippen LogP contribution in [-0.2, 0) is 14.3 Å². The van der Waals surface area contributed by atoms with E-state index in [0.717, 1.165) is 27.8 Å². The van der Waals surface area contributed by atoms with E-state index < -0.39 is 18.5 Å². The molecule has 0 saturated carbocycles. The van der Waals surface area contributed by atoms with E-state index in [4.69, 9.17) is 15.3 Å². The SMILES string of the molecule is Cc1cc(SC#N)ccc1NC(=O)COC(=O)/C=C/c1ccc(C#N)cc1. The summed E-state index contributed by atoms with van der Waals surface area (Å²) in [5.41, 5.74) is 2.66. The molecule has 0 aliphatic heterocycles. The predicted molar refractivity (Wildman–Crippen MR) is 102 cm³/mol. The second-order valence-electron chi connectivity index (χ2n) is 5.39. The van der Waals surface area contributed by atoms with Crippen LogP contribution in [0.2, 0.25) is 0 Å². The quantitative estimate of drug-likeness (QED) is 0.357. The van der Waals surface area contributed by atoms with Crippen molar-refractivity contribution in [2.45, 2.75) is 11.8 Å². The van der Waals surface area contributed by atoms with Crippen molar-refractivity contribution < 1.29 is 14.3 Å². The van der Waals surface area contributed by atoms with Crippen molar-refractivity contribution in [1.82, 2.24) is 0 Å². The van der Waals surface area contributed by atoms with Gasteiger partial charge in [-0.3, -0.25) is 4.79 Å². The first-order valence-electron chi connectivity index (χ1n) is 7.83. The minimum Gasteiger partial charge on any atom is -0.452 e. The van der Waals surface area contributed by atoms with E-state index in [1.165, 1.54) is 12.2 Å². The van der Waals surface area contributed by atoms with Crippen molar-refractivity contribution in [2.75, 3.05) is 11.9 Å². The van der Waals surface area contributed by atoms with Crippen molar-refractivity contribution in [3.63, 3.8) is 0 Å². The van der Waals surface area contributed by atoms with Gasteiger partial charge in [0.2, 0.25) is 0 Å². The summed E-state index contributed by atoms with van der Waals surface area (Å²) in [6.07, 6.45) is 2.75. The minimum atomic E-state index is -0.646. The third-order valence-electron chi connectivity index (χ3n) is 3.43. The number of hydrogen-bond acceptors (Lipinski definition) is 6. The van der Waals surface area contributed by atoms with Crippen LogP contribution in [-0.4, -0.2) is 18.5 Å². The van der Waals surface area contributed by atoms with E-state index in [1.807, 2.05) is 18.4 Å². The maximum atomic E-state index is 11.9. The fourth-order valence-electron chi connectivity index (χ4n) is 2.10. The Bertz CT molecular complexity index is 954. The van der Waals surface area contributed by atoms with E-state index in [0.29, 0.717) is 11.3 Å². The summed E-state index contributed by atoms with van der Waals surface area (Å²) in [7, 11) is 0. The van der Waals surface area contributed by atoms with E-state index in [-0.39, 0.29) is 0 Å². The molecule has 7 heteroatoms. The van der Waals surface area contributed by atoms with Crippen LogP contribution >= 0.6 is 11.8 Å². The summed E-state index contributed by atoms with van der Waals surface area (Å²) in [6.45, 7) is 1.40. The average molecular weight is 377 g/mol. The Morgan fingerprint density at radius 3 is 2.56 bits per heavy atom. The number of rotatable bonds is 6. The molecule has 2 rings (SSSR count). The maximum Gasteiger partial charge on any atom is 0.331 e. The lowest BCUT2D eigenvalue weighted by molar-refractivity contribution is -0.142. The summed E-state index contributed by atoms with van der Waals surface area (Å²) in [5, 5.41) is 22.0. The molecule has 0 aliphatic rings. The van der Waals surface area contributed by atoms with Crippen LogP contribution in [0.1, 0.15) is 16.7 Å². The highest BCUT2D eigenvalue weighted by molar-refractivity contribution is 8.03. The lowest BCUT2D eigenvalue weighted by Crippen LogP contribution is -2.20. The Hall–Kier alpha value is -3.55. The minimum absolute atomic E-state index is 0.412. The largest absolute Gasteiger partial charge is 0.452 e. The Morgan fingerprint density at radius 1 is 1.19 bits per heavy atom. The number of amides is 1. The molecule has 134 valence electrons. The molecule has 0 fully saturated rings. The van der Waals surface area contributed by atoms with Gasteiger partial charge in [-0.15, -0.1) is 0 Å². The van der Waals surface area contributed by atoms with Crippen LogP contribution in [0.15, 0.2) is 53.4 Å². The standard InChI is InChI=1S/C20H15N3O3S/c1-14-10-17(27-13-22)7-8-18(14)23-19(24)12-26-20(25)9-6-15-2-4-16(11-21)5-3-15/h2-10H,12H2,1H3,(H,23,24)/b9-6+. The molecule has 0 unspecified atom stereocenters. The molecule has 27 heavy (non-hydrogen) atoms. The van der Waals surface area contributed by atoms with Crippen LogP contribution in [0.5, 0.6) is 0 Å². The molecule has 2 aromatic carbocycles. The number of thiocyanates is 1. The monoisotopic (exact) mass is 377 g/mol. The molecule has 0 radical (unpaired) electrons. The van der Waals surface area contributed by atoms with Gasteiger partial charge in [0.1, 0.15) is 5.40 Å². The Balaban J connectivity index is 1.84. The van der Waals surface area contributed by atoms with Gasteiger partial charge in [-0.25, -0.2) is 4.79 Å². The van der Waals surface area contributed by atoms with Crippen LogP contribution in [0.4, 0.5) is 5.69 Å². The van der Waals surface area contributed by atoms with Gasteiger partial charge in [0.05, 0.1) is 11.6 Å². The zero-order valence-electron chi connectivity index (χ0n) is 14.4. The number of benzene rings is 2. The number of anilines is 1. The molecule has 0 spiro atoms. The zero-order valence-corrected chi connectivity index (χ0v) is 15.2. The third kappa shape index (κ3) is 6.35. The number of carbonyl (C=O) groups excluding carboxylic acids is 2. The van der Waals surface area contributed by atoms with Crippen molar-refractivity contribution in [3.8, 4) is 11.5 Å². The molecule has 2 aromatic rings. The second-order valence-corrected chi connectivity index (χ2v) is 6.25. The molecule has 0 aliphatic carbocycles. The van der Waals surface area contributed by atoms with E-state index >= 15 is 0 Å². The number of aryl methyl sites for hydroxylation is 1. The summed E-state index contributed by atoms with van der Waals surface area (Å²) in [6, 6.07) is 13.9. The number of esters is 1. The van der Waals surface area contributed by atoms with Gasteiger partial charge in [-0.1, -0.05) is 12.1 Å². The van der Waals surface area contributed by atoms with Crippen LogP contribution in [0.25, 0.3) is 6.08 Å². The number of carbonyl (C=O) groups is 2. The first-order chi connectivity index (χ1) is 13.0. The summed E-state index contributed by atoms with van der Waals surface area (Å²) >= 11 is 1.04. The molecule has 1 amide bonds. The fraction of sp³-hybridized carbons (Fsp3) is 0.100. The summed E-state index contributed by atoms with van der Waals surface area (Å²) in [5.74, 6) is -1.11. The van der Waals surface area contributed by atoms with Gasteiger partial charge in [0, 0.05) is 16.7 Å². The van der Waals surface area contributed by atoms with Crippen molar-refractivity contribution in [1.29, 1.82) is 10.5 Å². The number of ether oxygens (including phenoxy) is 1. The number of nitriles is 2. The lowest BCUT2D eigenvalue weighted by Gasteiger charge is -2.09. The predicted octanol–water partition coefficient (Wildman–Crippen LogP) is 3.63. The Labute approximate surface area is 161 Å². The fourth-order valence-corrected chi connectivity index (χ4v) is 2.57. The van der Waals surface area contributed by atoms with Gasteiger partial charge in [-0.05, 0) is 66.2 Å². The Morgan fingerprint density at radius 2 is 1.93 bits per heavy atom. The van der Waals surface area contributed by atoms with Crippen molar-refractivity contribution in [2.24, 2.45) is 0 Å². The third-order valence-corrected chi connectivity index (χ3v) is 4.01. The summed E-state index contributed by atoms with van der Waals surface area (Å²) in [4.78, 5) is 24.4. The lowest BCUT2D eigenvalue weighted by atomic mass is 10.1. The molecule has 0 atom stereocenters. The molecule has 0 heterocycles. The van der Waals surface area contributed by atoms with Crippen LogP contribution < -0.4 is 5.32 Å². The zero-order chi connectivity index (χ0) is 19.6. The number of hydrogen-bond donors (Lipinski definition) is 1. The van der Waals surface area contributed by atoms with Crippen molar-refractivity contribution >= 4 is 35.4 Å². The average Bonchev–Trinajstić information content (AvgIpc) is 2.67. The first kappa shape index (κ1) is 19.8. The summed E-state index contributed by atoms with van der Waals surface area (Å²) < 4.78 is 4.91. The number of nitrogens with one attached hydrogen (secondary N) is 1. The molecule has 0 bridgehead atoms. The molecule has 6 nitrogen and oxygen atoms in total. The molecule has 0 aromatic heterocycles. The van der Waals surface area contributed by atoms with E-state index in [9.17, 15) is 9.59 Å².